The molecule has 4 aliphatic rings. The van der Waals surface area contributed by atoms with E-state index in [1.807, 2.05) is 73.1 Å². The zero-order chi connectivity index (χ0) is 69.3. The number of methoxy groups -OCH3 is 2. The van der Waals surface area contributed by atoms with Crippen molar-refractivity contribution in [2.45, 2.75) is 141 Å². The van der Waals surface area contributed by atoms with E-state index < -0.39 is 71.6 Å². The van der Waals surface area contributed by atoms with Crippen molar-refractivity contribution < 1.29 is 81.3 Å². The van der Waals surface area contributed by atoms with Crippen LogP contribution in [0.25, 0.3) is 22.5 Å². The monoisotopic (exact) mass is 1350 g/mol. The van der Waals surface area contributed by atoms with Crippen LogP contribution in [-0.2, 0) is 86.2 Å². The van der Waals surface area contributed by atoms with Crippen LogP contribution in [0.3, 0.4) is 0 Å². The third-order valence-corrected chi connectivity index (χ3v) is 18.3. The number of carbonyl (C=O) groups is 7. The number of halogens is 1. The molecule has 27 heteroatoms. The van der Waals surface area contributed by atoms with Gasteiger partial charge in [0.1, 0.15) is 46.4 Å². The van der Waals surface area contributed by atoms with E-state index in [0.29, 0.717) is 70.5 Å². The van der Waals surface area contributed by atoms with Gasteiger partial charge >= 0.3 is 12.1 Å². The zero-order valence-corrected chi connectivity index (χ0v) is 57.4. The highest BCUT2D eigenvalue weighted by Gasteiger charge is 2.64. The predicted octanol–water partition coefficient (Wildman–Crippen LogP) is 6.60. The van der Waals surface area contributed by atoms with Crippen molar-refractivity contribution in [3.63, 3.8) is 0 Å². The number of amides is 6. The van der Waals surface area contributed by atoms with Crippen molar-refractivity contribution in [1.29, 1.82) is 0 Å². The van der Waals surface area contributed by atoms with Crippen molar-refractivity contribution >= 4 is 64.6 Å². The summed E-state index contributed by atoms with van der Waals surface area (Å²) in [5.41, 5.74) is 3.96. The molecule has 6 amide bonds. The highest BCUT2D eigenvalue weighted by Crippen LogP contribution is 2.50. The number of aliphatic hydroxyl groups is 1. The van der Waals surface area contributed by atoms with Crippen LogP contribution in [-0.4, -0.2) is 215 Å². The molecule has 0 unspecified atom stereocenters. The number of hydrogen-bond donors (Lipinski definition) is 3. The number of carbonyl (C=O) groups excluding carboxylic acids is 7. The first kappa shape index (κ1) is 74.0. The fourth-order valence-corrected chi connectivity index (χ4v) is 12.3. The summed E-state index contributed by atoms with van der Waals surface area (Å²) in [5, 5.41) is 26.4. The largest absolute Gasteiger partial charge is 0.495 e. The van der Waals surface area contributed by atoms with Gasteiger partial charge in [0, 0.05) is 97.0 Å². The number of ether oxygens (including phenoxy) is 9. The fourth-order valence-electron chi connectivity index (χ4n) is 12.0. The number of aromatic nitrogens is 3. The van der Waals surface area contributed by atoms with Gasteiger partial charge in [-0.2, -0.15) is 0 Å². The summed E-state index contributed by atoms with van der Waals surface area (Å²) in [6.07, 6.45) is 0.879. The lowest BCUT2D eigenvalue weighted by Crippen LogP contribution is -2.63. The minimum Gasteiger partial charge on any atom is -0.495 e. The summed E-state index contributed by atoms with van der Waals surface area (Å²) in [4.78, 5) is 101. The topological polar surface area (TPSA) is 294 Å². The third-order valence-electron chi connectivity index (χ3n) is 17.9. The molecule has 26 nitrogen and oxygen atoms in total. The maximum absolute atomic E-state index is 14.4. The Morgan fingerprint density at radius 2 is 1.55 bits per heavy atom. The van der Waals surface area contributed by atoms with Gasteiger partial charge in [0.2, 0.25) is 29.5 Å². The Bertz CT molecular complexity index is 3460. The quantitative estimate of drug-likeness (QED) is 0.0307. The highest BCUT2D eigenvalue weighted by molar-refractivity contribution is 6.35. The number of allylic oxidation sites excluding steroid dienone is 3. The summed E-state index contributed by atoms with van der Waals surface area (Å²) in [6, 6.07) is 18.1. The predicted molar refractivity (Wildman–Crippen MR) is 356 cm³/mol. The number of benzene rings is 3. The molecule has 4 aliphatic heterocycles. The van der Waals surface area contributed by atoms with Crippen molar-refractivity contribution in [1.82, 2.24) is 35.4 Å². The number of esters is 1. The van der Waals surface area contributed by atoms with Gasteiger partial charge in [0.15, 0.2) is 5.72 Å². The summed E-state index contributed by atoms with van der Waals surface area (Å²) < 4.78 is 53.8. The lowest BCUT2D eigenvalue weighted by Gasteiger charge is -2.42. The average Bonchev–Trinajstić information content (AvgIpc) is 1.57. The molecule has 0 radical (unpaired) electrons. The van der Waals surface area contributed by atoms with E-state index in [1.54, 1.807) is 57.1 Å². The first-order valence-electron chi connectivity index (χ1n) is 32.6. The Kier molecular flexibility index (Phi) is 26.5. The van der Waals surface area contributed by atoms with E-state index in [-0.39, 0.29) is 94.1 Å². The second-order valence-corrected chi connectivity index (χ2v) is 25.0. The summed E-state index contributed by atoms with van der Waals surface area (Å²) >= 11 is 6.84. The number of epoxide rings is 1. The Hall–Kier alpha value is -7.82. The Morgan fingerprint density at radius 1 is 0.885 bits per heavy atom. The fraction of sp³-hybridized carbons (Fsp3) is 0.551. The molecule has 8 rings (SSSR count). The first-order valence-corrected chi connectivity index (χ1v) is 33.0. The normalized spacial score (nSPS) is 22.8. The van der Waals surface area contributed by atoms with Gasteiger partial charge in [-0.1, -0.05) is 90.0 Å². The van der Waals surface area contributed by atoms with Gasteiger partial charge in [-0.3, -0.25) is 29.3 Å². The van der Waals surface area contributed by atoms with Crippen LogP contribution in [0.15, 0.2) is 84.5 Å². The molecule has 3 N–H and O–H groups in total. The molecular formula is C69H92ClN9O17. The lowest BCUT2D eigenvalue weighted by molar-refractivity contribution is -0.162. The number of para-hydroxylation sites is 1. The average molecular weight is 1350 g/mol. The van der Waals surface area contributed by atoms with Crippen molar-refractivity contribution in [2.75, 3.05) is 111 Å². The molecule has 3 aromatic carbocycles. The third kappa shape index (κ3) is 18.6. The van der Waals surface area contributed by atoms with Crippen molar-refractivity contribution in [3.05, 3.63) is 101 Å². The van der Waals surface area contributed by atoms with Crippen LogP contribution in [0.5, 0.6) is 5.75 Å². The van der Waals surface area contributed by atoms with Crippen molar-refractivity contribution in [2.24, 2.45) is 5.92 Å². The molecule has 0 saturated carbocycles. The van der Waals surface area contributed by atoms with E-state index in [4.69, 9.17) is 54.2 Å². The molecule has 4 aromatic rings. The number of likely N-dealkylation sites (N-methyl/N-ethyl adjacent to an activating group) is 2. The molecule has 0 spiro atoms. The molecule has 8 atom stereocenters. The molecule has 2 saturated heterocycles. The van der Waals surface area contributed by atoms with Crippen LogP contribution < -0.4 is 25.2 Å². The lowest BCUT2D eigenvalue weighted by atomic mass is 9.83. The number of anilines is 2. The molecule has 96 heavy (non-hydrogen) atoms. The van der Waals surface area contributed by atoms with Crippen LogP contribution in [0.4, 0.5) is 16.2 Å². The maximum Gasteiger partial charge on any atom is 0.409 e. The molecule has 0 aliphatic carbocycles. The maximum atomic E-state index is 14.4. The number of alkyl carbamates (subject to hydrolysis) is 1. The van der Waals surface area contributed by atoms with E-state index in [0.717, 1.165) is 44.9 Å². The Balaban J connectivity index is 0.696. The van der Waals surface area contributed by atoms with Gasteiger partial charge < -0.3 is 72.7 Å². The van der Waals surface area contributed by atoms with E-state index in [2.05, 4.69) is 20.9 Å². The molecule has 522 valence electrons. The van der Waals surface area contributed by atoms with Crippen LogP contribution in [0.1, 0.15) is 90.7 Å². The Morgan fingerprint density at radius 3 is 2.25 bits per heavy atom. The number of hydrogen-bond acceptors (Lipinski definition) is 19. The van der Waals surface area contributed by atoms with Gasteiger partial charge in [0.25, 0.3) is 0 Å². The Labute approximate surface area is 565 Å². The molecule has 2 fully saturated rings. The minimum absolute atomic E-state index is 0.0447. The molecule has 5 heterocycles. The number of nitrogens with one attached hydrogen (secondary N) is 2. The number of fused-ring (bicyclic) bond motifs is 10. The smallest absolute Gasteiger partial charge is 0.409 e. The van der Waals surface area contributed by atoms with Crippen LogP contribution >= 0.6 is 11.6 Å². The standard InChI is InChI=1S/C69H92ClN9O17/c1-11-79-64-50-21-14-15-22-51(50)78(43-48-19-12-13-20-49(48)63(64)73-74-79)60(83)26-28-71-57(80)27-30-90-32-34-92-36-37-93-35-33-91-31-29-75(6)58(81)24-17-25-59(82)76(7)46(4)66(85)95-56-41-61(84)77(8)52-39-47(40-53(88-9)62(52)70)38-44(2)18-16-23-55(89-10)69(87)42-54(94-67(86)72-69)45(3)65-68(56,5)96-65/h12-16,18-23,39-40,45-46,54-56,65,87H,11,17,24-38,41-43H2,1-10H3,(H,71,80)(H,72,86)/b23-16+,44-18+/t45-,46+,54+,55-,56+,65+,68+,69+/m1/s1. The molecule has 1 aromatic heterocycles. The van der Waals surface area contributed by atoms with Gasteiger partial charge in [-0.05, 0) is 69.9 Å². The van der Waals surface area contributed by atoms with Gasteiger partial charge in [-0.25, -0.2) is 14.3 Å². The second-order valence-electron chi connectivity index (χ2n) is 24.6. The number of nitrogens with zero attached hydrogens (tertiary/aromatic N) is 7. The minimum atomic E-state index is -1.88. The van der Waals surface area contributed by atoms with Crippen LogP contribution in [0.2, 0.25) is 5.02 Å². The molecular weight excluding hydrogens is 1260 g/mol. The summed E-state index contributed by atoms with van der Waals surface area (Å²) in [6.45, 7) is 12.6. The van der Waals surface area contributed by atoms with E-state index in [1.165, 1.54) is 42.9 Å². The summed E-state index contributed by atoms with van der Waals surface area (Å²) in [5.74, 6) is -2.52. The number of aryl methyl sites for hydroxylation is 1. The first-order chi connectivity index (χ1) is 46.0. The van der Waals surface area contributed by atoms with Crippen molar-refractivity contribution in [3.8, 4) is 28.3 Å². The SMILES string of the molecule is CCn1nnc2c1-c1ccccc1N(C(=O)CCNC(=O)CCOCCOCCOCCOCCN(C)C(=O)CCCC(=O)N(C)[C@@H](C)C(=O)O[C@H]1CC(=O)N(C)c3cc(cc(OC)c3Cl)C/C(C)=C/C=C/[C@@H](OC)[C@@]3(O)C[C@H](OC(=O)N3)[C@@H](C)[C@@H]3O[C@@]13C)Cc1ccccc1-2. The van der Waals surface area contributed by atoms with Crippen LogP contribution in [0, 0.1) is 5.92 Å². The van der Waals surface area contributed by atoms with E-state index in [9.17, 15) is 38.7 Å². The highest BCUT2D eigenvalue weighted by atomic mass is 35.5. The molecule has 4 bridgehead atoms. The van der Waals surface area contributed by atoms with E-state index >= 15 is 0 Å². The number of rotatable bonds is 28. The van der Waals surface area contributed by atoms with Gasteiger partial charge in [-0.15, -0.1) is 5.10 Å². The second kappa shape index (κ2) is 34.4. The zero-order valence-electron chi connectivity index (χ0n) is 56.6. The van der Waals surface area contributed by atoms with Gasteiger partial charge in [0.05, 0.1) is 96.1 Å². The summed E-state index contributed by atoms with van der Waals surface area (Å²) in [7, 11) is 7.55.